The zero-order valence-electron chi connectivity index (χ0n) is 36.4. The van der Waals surface area contributed by atoms with Crippen molar-refractivity contribution in [1.29, 1.82) is 0 Å². The first-order chi connectivity index (χ1) is 28.3. The van der Waals surface area contributed by atoms with Gasteiger partial charge in [0.25, 0.3) is 0 Å². The summed E-state index contributed by atoms with van der Waals surface area (Å²) in [6.45, 7) is 22.9. The van der Waals surface area contributed by atoms with Gasteiger partial charge < -0.3 is 9.55 Å². The number of thiophene rings is 1. The zero-order valence-corrected chi connectivity index (χ0v) is 40.7. The Bertz CT molecular complexity index is 2930. The Labute approximate surface area is 374 Å². The van der Waals surface area contributed by atoms with Gasteiger partial charge in [0.05, 0.1) is 24.9 Å². The van der Waals surface area contributed by atoms with Crippen molar-refractivity contribution in [3.63, 3.8) is 0 Å². The third-order valence-corrected chi connectivity index (χ3v) is 14.4. The minimum atomic E-state index is -1.34. The minimum absolute atomic E-state index is 0. The maximum absolute atomic E-state index is 5.37. The van der Waals surface area contributed by atoms with E-state index in [1.54, 1.807) is 11.3 Å². The van der Waals surface area contributed by atoms with Crippen molar-refractivity contribution in [2.24, 2.45) is 5.92 Å². The summed E-state index contributed by atoms with van der Waals surface area (Å²) >= 11 is 1.74. The second-order valence-electron chi connectivity index (χ2n) is 17.9. The number of imidazole rings is 1. The molecule has 9 aromatic rings. The molecule has 9 rings (SSSR count). The van der Waals surface area contributed by atoms with Gasteiger partial charge in [-0.15, -0.1) is 54.1 Å². The molecule has 0 N–H and O–H groups in total. The monoisotopic (exact) mass is 999 g/mol. The zero-order chi connectivity index (χ0) is 41.6. The Morgan fingerprint density at radius 3 is 2.07 bits per heavy atom. The normalized spacial score (nSPS) is 11.9. The van der Waals surface area contributed by atoms with Gasteiger partial charge in [0.1, 0.15) is 4.83 Å². The van der Waals surface area contributed by atoms with Crippen LogP contribution in [0.3, 0.4) is 0 Å². The molecule has 0 aliphatic rings. The number of aromatic nitrogens is 4. The number of pyridine rings is 2. The van der Waals surface area contributed by atoms with Gasteiger partial charge in [-0.2, -0.15) is 11.3 Å². The number of aryl methyl sites for hydroxylation is 1. The van der Waals surface area contributed by atoms with Gasteiger partial charge in [0.15, 0.2) is 0 Å². The van der Waals surface area contributed by atoms with Crippen LogP contribution in [0.25, 0.3) is 70.4 Å². The number of hydrogen-bond acceptors (Lipinski definition) is 4. The van der Waals surface area contributed by atoms with Gasteiger partial charge in [-0.25, -0.2) is 4.98 Å². The van der Waals surface area contributed by atoms with Crippen LogP contribution >= 0.6 is 11.3 Å². The van der Waals surface area contributed by atoms with E-state index in [1.165, 1.54) is 53.8 Å². The molecule has 0 atom stereocenters. The maximum Gasteiger partial charge on any atom is 0.113 e. The molecular weight excluding hydrogens is 945 g/mol. The SMILES string of the molecule is CC(C)Cc1cc(-c2[c-]cccc2)ncc1[Si](C)(C)C.Cc1ccc2c(n1)sc1c(-c3nc4cc5ccccc5cc4n3-c3c(C(C)C)cccc3C(C)C)[c-]ccc12.[Ir]. The Morgan fingerprint density at radius 2 is 1.42 bits per heavy atom. The number of para-hydroxylation sites is 1. The Hall–Kier alpha value is -4.78. The van der Waals surface area contributed by atoms with E-state index >= 15 is 0 Å². The van der Waals surface area contributed by atoms with Gasteiger partial charge in [0, 0.05) is 37.7 Å². The summed E-state index contributed by atoms with van der Waals surface area (Å²) in [4.78, 5) is 16.0. The third kappa shape index (κ3) is 8.56. The summed E-state index contributed by atoms with van der Waals surface area (Å²) in [6.07, 6.45) is 3.24. The molecule has 307 valence electrons. The molecule has 0 saturated carbocycles. The summed E-state index contributed by atoms with van der Waals surface area (Å²) < 4.78 is 3.60. The van der Waals surface area contributed by atoms with E-state index in [0.717, 1.165) is 50.6 Å². The van der Waals surface area contributed by atoms with Crippen LogP contribution in [0.1, 0.15) is 75.8 Å². The molecule has 0 fully saturated rings. The summed E-state index contributed by atoms with van der Waals surface area (Å²) in [7, 11) is -1.34. The van der Waals surface area contributed by atoms with Gasteiger partial charge in [-0.1, -0.05) is 132 Å². The number of hydrogen-bond donors (Lipinski definition) is 0. The standard InChI is InChI=1S/C35H30N3S.C18H24NSi.Ir/c1-20(2)25-12-8-13-26(21(3)4)32(25)38-31-19-24-11-7-6-10-23(24)18-30(31)37-34(38)29-15-9-14-27-28-17-16-22(5)36-35(28)39-33(27)29;1-14(2)11-16-12-17(15-9-7-6-8-10-15)19-13-18(16)20(3,4)5;/h6-14,16-21H,1-5H3;6-9,12-14H,11H2,1-5H3;/q2*-1;. The Balaban J connectivity index is 0.000000220. The molecule has 0 bridgehead atoms. The summed E-state index contributed by atoms with van der Waals surface area (Å²) in [5.41, 5.74) is 11.7. The first-order valence-corrected chi connectivity index (χ1v) is 25.3. The van der Waals surface area contributed by atoms with Crippen molar-refractivity contribution < 1.29 is 20.1 Å². The van der Waals surface area contributed by atoms with Gasteiger partial charge >= 0.3 is 0 Å². The quantitative estimate of drug-likeness (QED) is 0.113. The first kappa shape index (κ1) is 43.3. The third-order valence-electron chi connectivity index (χ3n) is 11.2. The van der Waals surface area contributed by atoms with Crippen molar-refractivity contribution in [2.75, 3.05) is 0 Å². The van der Waals surface area contributed by atoms with Crippen LogP contribution in [0.4, 0.5) is 0 Å². The summed E-state index contributed by atoms with van der Waals surface area (Å²) in [5, 5.41) is 6.31. The molecule has 4 nitrogen and oxygen atoms in total. The average molecular weight is 999 g/mol. The molecule has 0 spiro atoms. The van der Waals surface area contributed by atoms with Gasteiger partial charge in [-0.05, 0) is 92.2 Å². The smallest absolute Gasteiger partial charge is 0.113 e. The molecule has 0 saturated heterocycles. The predicted octanol–water partition coefficient (Wildman–Crippen LogP) is 14.3. The van der Waals surface area contributed by atoms with E-state index < -0.39 is 8.07 Å². The van der Waals surface area contributed by atoms with E-state index in [4.69, 9.17) is 9.97 Å². The average Bonchev–Trinajstić information content (AvgIpc) is 3.76. The van der Waals surface area contributed by atoms with Crippen molar-refractivity contribution in [1.82, 2.24) is 19.5 Å². The predicted molar refractivity (Wildman–Crippen MR) is 256 cm³/mol. The molecule has 7 heteroatoms. The number of nitrogens with zero attached hydrogens (tertiary/aromatic N) is 4. The van der Waals surface area contributed by atoms with E-state index in [1.807, 2.05) is 24.3 Å². The molecule has 4 aromatic heterocycles. The molecule has 1 radical (unpaired) electrons. The van der Waals surface area contributed by atoms with Gasteiger partial charge in [-0.3, -0.25) is 4.98 Å². The van der Waals surface area contributed by atoms with Crippen LogP contribution in [0, 0.1) is 25.0 Å². The molecule has 60 heavy (non-hydrogen) atoms. The van der Waals surface area contributed by atoms with Crippen molar-refractivity contribution in [2.45, 2.75) is 86.4 Å². The molecule has 4 heterocycles. The topological polar surface area (TPSA) is 43.6 Å². The second-order valence-corrected chi connectivity index (χ2v) is 23.9. The van der Waals surface area contributed by atoms with Crippen LogP contribution in [-0.4, -0.2) is 27.6 Å². The van der Waals surface area contributed by atoms with E-state index in [9.17, 15) is 0 Å². The minimum Gasteiger partial charge on any atom is -0.333 e. The Morgan fingerprint density at radius 1 is 0.717 bits per heavy atom. The summed E-state index contributed by atoms with van der Waals surface area (Å²) in [5.74, 6) is 2.32. The largest absolute Gasteiger partial charge is 0.333 e. The molecule has 0 aliphatic carbocycles. The van der Waals surface area contributed by atoms with Gasteiger partial charge in [0.2, 0.25) is 0 Å². The van der Waals surface area contributed by atoms with E-state index in [0.29, 0.717) is 17.8 Å². The molecule has 5 aromatic carbocycles. The fraction of sp³-hybridized carbons (Fsp3) is 0.264. The fourth-order valence-corrected chi connectivity index (χ4v) is 11.1. The van der Waals surface area contributed by atoms with Crippen LogP contribution in [0.5, 0.6) is 0 Å². The van der Waals surface area contributed by atoms with E-state index in [2.05, 4.69) is 181 Å². The van der Waals surface area contributed by atoms with Crippen molar-refractivity contribution >= 4 is 66.7 Å². The molecular formula is C53H54IrN4SSi-2. The second kappa shape index (κ2) is 17.7. The number of fused-ring (bicyclic) bond motifs is 5. The summed E-state index contributed by atoms with van der Waals surface area (Å²) in [6, 6.07) is 45.6. The number of rotatable bonds is 8. The number of benzene rings is 5. The Kier molecular flexibility index (Phi) is 12.8. The van der Waals surface area contributed by atoms with Crippen LogP contribution in [0.2, 0.25) is 19.6 Å². The maximum atomic E-state index is 5.37. The molecule has 0 unspecified atom stereocenters. The van der Waals surface area contributed by atoms with Crippen LogP contribution in [-0.2, 0) is 26.5 Å². The fourth-order valence-electron chi connectivity index (χ4n) is 8.29. The van der Waals surface area contributed by atoms with Crippen LogP contribution < -0.4 is 5.19 Å². The van der Waals surface area contributed by atoms with E-state index in [-0.39, 0.29) is 20.1 Å². The van der Waals surface area contributed by atoms with Crippen LogP contribution in [0.15, 0.2) is 115 Å². The van der Waals surface area contributed by atoms with Crippen molar-refractivity contribution in [3.8, 4) is 28.3 Å². The van der Waals surface area contributed by atoms with Crippen molar-refractivity contribution in [3.05, 3.63) is 150 Å². The molecule has 0 amide bonds. The molecule has 0 aliphatic heterocycles. The first-order valence-electron chi connectivity index (χ1n) is 21.0.